The number of benzene rings is 1. The van der Waals surface area contributed by atoms with Crippen molar-refractivity contribution in [2.24, 2.45) is 0 Å². The zero-order chi connectivity index (χ0) is 11.1. The predicted molar refractivity (Wildman–Crippen MR) is 67.3 cm³/mol. The van der Waals surface area contributed by atoms with Gasteiger partial charge in [0, 0.05) is 3.57 Å². The summed E-state index contributed by atoms with van der Waals surface area (Å²) in [5.74, 6) is -0.532. The molecule has 0 unspecified atom stereocenters. The van der Waals surface area contributed by atoms with E-state index >= 15 is 0 Å². The molecule has 1 fully saturated rings. The van der Waals surface area contributed by atoms with Crippen molar-refractivity contribution < 1.29 is 9.47 Å². The van der Waals surface area contributed by atoms with Crippen LogP contribution in [0.3, 0.4) is 0 Å². The minimum absolute atomic E-state index is 0.0619. The van der Waals surface area contributed by atoms with Gasteiger partial charge in [-0.3, -0.25) is 0 Å². The number of hydrogen-bond donors (Lipinski definition) is 0. The first-order chi connectivity index (χ1) is 6.99. The maximum absolute atomic E-state index is 5.84. The van der Waals surface area contributed by atoms with Crippen LogP contribution in [-0.2, 0) is 9.47 Å². The standard InChI is InChI=1S/C12H14IO2/c1-8-11(15-12(2,3)14-8)9-6-4-5-7-10(9)13/h4-8,11H,1H2,2-3H3/t8-,11+/m1/s1. The summed E-state index contributed by atoms with van der Waals surface area (Å²) in [6, 6.07) is 8.16. The normalized spacial score (nSPS) is 29.3. The summed E-state index contributed by atoms with van der Waals surface area (Å²) in [4.78, 5) is 0. The van der Waals surface area contributed by atoms with E-state index in [2.05, 4.69) is 41.6 Å². The van der Waals surface area contributed by atoms with E-state index in [-0.39, 0.29) is 12.2 Å². The highest BCUT2D eigenvalue weighted by molar-refractivity contribution is 14.1. The third-order valence-electron chi connectivity index (χ3n) is 2.40. The Morgan fingerprint density at radius 3 is 2.47 bits per heavy atom. The topological polar surface area (TPSA) is 18.5 Å². The summed E-state index contributed by atoms with van der Waals surface area (Å²) in [7, 11) is 0. The van der Waals surface area contributed by atoms with Gasteiger partial charge in [0.1, 0.15) is 6.10 Å². The number of ether oxygens (including phenoxy) is 2. The summed E-state index contributed by atoms with van der Waals surface area (Å²) in [5.41, 5.74) is 1.16. The van der Waals surface area contributed by atoms with Crippen LogP contribution in [0.1, 0.15) is 25.5 Å². The molecule has 0 bridgehead atoms. The molecule has 0 spiro atoms. The first-order valence-electron chi connectivity index (χ1n) is 4.93. The molecule has 0 aliphatic carbocycles. The van der Waals surface area contributed by atoms with Gasteiger partial charge in [0.2, 0.25) is 0 Å². The van der Waals surface area contributed by atoms with Gasteiger partial charge in [0.25, 0.3) is 0 Å². The highest BCUT2D eigenvalue weighted by Crippen LogP contribution is 2.39. The van der Waals surface area contributed by atoms with E-state index in [4.69, 9.17) is 9.47 Å². The predicted octanol–water partition coefficient (Wildman–Crippen LogP) is 3.32. The van der Waals surface area contributed by atoms with Crippen molar-refractivity contribution in [3.05, 3.63) is 40.3 Å². The van der Waals surface area contributed by atoms with E-state index in [9.17, 15) is 0 Å². The summed E-state index contributed by atoms with van der Waals surface area (Å²) < 4.78 is 12.7. The molecule has 1 aliphatic heterocycles. The van der Waals surface area contributed by atoms with E-state index in [1.807, 2.05) is 26.0 Å². The van der Waals surface area contributed by atoms with E-state index < -0.39 is 5.79 Å². The Hall–Kier alpha value is -0.130. The monoisotopic (exact) mass is 317 g/mol. The lowest BCUT2D eigenvalue weighted by Gasteiger charge is -2.17. The Morgan fingerprint density at radius 1 is 1.27 bits per heavy atom. The van der Waals surface area contributed by atoms with Gasteiger partial charge < -0.3 is 9.47 Å². The number of rotatable bonds is 1. The molecular weight excluding hydrogens is 303 g/mol. The summed E-state index contributed by atoms with van der Waals surface area (Å²) in [6.45, 7) is 7.82. The van der Waals surface area contributed by atoms with Crippen molar-refractivity contribution in [1.29, 1.82) is 0 Å². The molecule has 1 heterocycles. The Kier molecular flexibility index (Phi) is 3.05. The summed E-state index contributed by atoms with van der Waals surface area (Å²) in [5, 5.41) is 0. The third kappa shape index (κ3) is 2.34. The number of hydrogen-bond acceptors (Lipinski definition) is 2. The van der Waals surface area contributed by atoms with Crippen LogP contribution in [0.5, 0.6) is 0 Å². The average Bonchev–Trinajstić information content (AvgIpc) is 2.40. The van der Waals surface area contributed by atoms with Gasteiger partial charge >= 0.3 is 0 Å². The molecule has 1 radical (unpaired) electrons. The fourth-order valence-corrected chi connectivity index (χ4v) is 2.50. The molecular formula is C12H14IO2. The van der Waals surface area contributed by atoms with E-state index in [0.717, 1.165) is 5.56 Å². The van der Waals surface area contributed by atoms with Gasteiger partial charge in [-0.1, -0.05) is 18.2 Å². The van der Waals surface area contributed by atoms with Crippen LogP contribution in [0.4, 0.5) is 0 Å². The molecule has 1 saturated heterocycles. The van der Waals surface area contributed by atoms with Crippen molar-refractivity contribution in [1.82, 2.24) is 0 Å². The molecule has 1 aromatic rings. The van der Waals surface area contributed by atoms with Crippen LogP contribution in [0.15, 0.2) is 24.3 Å². The molecule has 3 heteroatoms. The first kappa shape index (κ1) is 11.4. The zero-order valence-electron chi connectivity index (χ0n) is 8.87. The van der Waals surface area contributed by atoms with Gasteiger partial charge in [-0.05, 0) is 55.0 Å². The highest BCUT2D eigenvalue weighted by Gasteiger charge is 2.40. The lowest BCUT2D eigenvalue weighted by molar-refractivity contribution is -0.143. The fourth-order valence-electron chi connectivity index (χ4n) is 1.81. The smallest absolute Gasteiger partial charge is 0.164 e. The van der Waals surface area contributed by atoms with Crippen LogP contribution in [0.2, 0.25) is 0 Å². The molecule has 0 amide bonds. The third-order valence-corrected chi connectivity index (χ3v) is 3.38. The molecule has 1 aliphatic rings. The van der Waals surface area contributed by atoms with Gasteiger partial charge in [0.15, 0.2) is 5.79 Å². The minimum atomic E-state index is -0.532. The summed E-state index contributed by atoms with van der Waals surface area (Å²) >= 11 is 2.31. The highest BCUT2D eigenvalue weighted by atomic mass is 127. The van der Waals surface area contributed by atoms with E-state index in [1.165, 1.54) is 3.57 Å². The molecule has 0 saturated carbocycles. The van der Waals surface area contributed by atoms with Crippen LogP contribution >= 0.6 is 22.6 Å². The van der Waals surface area contributed by atoms with Crippen molar-refractivity contribution >= 4 is 22.6 Å². The molecule has 81 valence electrons. The van der Waals surface area contributed by atoms with E-state index in [1.54, 1.807) is 0 Å². The molecule has 0 N–H and O–H groups in total. The second-order valence-corrected chi connectivity index (χ2v) is 5.28. The van der Waals surface area contributed by atoms with E-state index in [0.29, 0.717) is 0 Å². The van der Waals surface area contributed by atoms with Crippen molar-refractivity contribution in [2.75, 3.05) is 0 Å². The molecule has 2 rings (SSSR count). The molecule has 0 aromatic heterocycles. The van der Waals surface area contributed by atoms with Gasteiger partial charge in [-0.2, -0.15) is 0 Å². The minimum Gasteiger partial charge on any atom is -0.344 e. The Bertz CT molecular complexity index is 362. The van der Waals surface area contributed by atoms with Crippen LogP contribution in [0, 0.1) is 10.5 Å². The van der Waals surface area contributed by atoms with Gasteiger partial charge in [0.05, 0.1) is 6.10 Å². The maximum atomic E-state index is 5.84. The van der Waals surface area contributed by atoms with Crippen molar-refractivity contribution in [3.8, 4) is 0 Å². The maximum Gasteiger partial charge on any atom is 0.164 e. The van der Waals surface area contributed by atoms with Gasteiger partial charge in [-0.15, -0.1) is 0 Å². The Labute approximate surface area is 104 Å². The fraction of sp³-hybridized carbons (Fsp3) is 0.417. The quantitative estimate of drug-likeness (QED) is 0.740. The van der Waals surface area contributed by atoms with Gasteiger partial charge in [-0.25, -0.2) is 0 Å². The zero-order valence-corrected chi connectivity index (χ0v) is 11.0. The van der Waals surface area contributed by atoms with Crippen molar-refractivity contribution in [3.63, 3.8) is 0 Å². The molecule has 15 heavy (non-hydrogen) atoms. The first-order valence-corrected chi connectivity index (χ1v) is 6.00. The second kappa shape index (κ2) is 4.03. The van der Waals surface area contributed by atoms with Crippen molar-refractivity contribution in [2.45, 2.75) is 31.8 Å². The van der Waals surface area contributed by atoms with Crippen LogP contribution in [-0.4, -0.2) is 11.9 Å². The SMILES string of the molecule is [CH2][C@H]1OC(C)(C)O[C@@H]1c1ccccc1I. The lowest BCUT2D eigenvalue weighted by Crippen LogP contribution is -2.20. The van der Waals surface area contributed by atoms with Crippen LogP contribution in [0.25, 0.3) is 0 Å². The average molecular weight is 317 g/mol. The number of halogens is 1. The molecule has 2 atom stereocenters. The van der Waals surface area contributed by atoms with Crippen LogP contribution < -0.4 is 0 Å². The molecule has 2 nitrogen and oxygen atoms in total. The Balaban J connectivity index is 2.29. The largest absolute Gasteiger partial charge is 0.344 e. The Morgan fingerprint density at radius 2 is 1.93 bits per heavy atom. The summed E-state index contributed by atoms with van der Waals surface area (Å²) in [6.07, 6.45) is -0.205. The lowest BCUT2D eigenvalue weighted by atomic mass is 10.1. The molecule has 1 aromatic carbocycles. The second-order valence-electron chi connectivity index (χ2n) is 4.12.